The zero-order valence-electron chi connectivity index (χ0n) is 11.8. The van der Waals surface area contributed by atoms with E-state index in [1.54, 1.807) is 25.0 Å². The van der Waals surface area contributed by atoms with Gasteiger partial charge in [0.2, 0.25) is 10.0 Å². The maximum absolute atomic E-state index is 11.9. The lowest BCUT2D eigenvalue weighted by molar-refractivity contribution is 0.556. The predicted molar refractivity (Wildman–Crippen MR) is 74.3 cm³/mol. The van der Waals surface area contributed by atoms with E-state index in [4.69, 9.17) is 0 Å². The van der Waals surface area contributed by atoms with Gasteiger partial charge in [-0.15, -0.1) is 0 Å². The van der Waals surface area contributed by atoms with Gasteiger partial charge in [-0.25, -0.2) is 18.1 Å². The molecule has 0 radical (unpaired) electrons. The Morgan fingerprint density at radius 1 is 1.42 bits per heavy atom. The fourth-order valence-corrected chi connectivity index (χ4v) is 2.55. The second-order valence-electron chi connectivity index (χ2n) is 4.54. The third-order valence-corrected chi connectivity index (χ3v) is 4.52. The summed E-state index contributed by atoms with van der Waals surface area (Å²) in [6.45, 7) is 5.36. The Balaban J connectivity index is 2.33. The number of nitrogens with zero attached hydrogens (tertiary/aromatic N) is 3. The number of hydrogen-bond acceptors (Lipinski definition) is 5. The van der Waals surface area contributed by atoms with Gasteiger partial charge in [-0.1, -0.05) is 6.92 Å². The highest BCUT2D eigenvalue weighted by Gasteiger charge is 2.19. The van der Waals surface area contributed by atoms with Gasteiger partial charge in [0.25, 0.3) is 0 Å². The Labute approximate surface area is 114 Å². The van der Waals surface area contributed by atoms with Gasteiger partial charge in [0, 0.05) is 26.6 Å². The molecular formula is C11H23N5O2S. The smallest absolute Gasteiger partial charge is 0.215 e. The summed E-state index contributed by atoms with van der Waals surface area (Å²) >= 11 is 0. The maximum Gasteiger partial charge on any atom is 0.215 e. The SMILES string of the molecule is CCCNCC(C)S(=O)(=O)NCCc1ncn(C)n1. The van der Waals surface area contributed by atoms with Crippen LogP contribution in [0.3, 0.4) is 0 Å². The Hall–Kier alpha value is -0.990. The highest BCUT2D eigenvalue weighted by molar-refractivity contribution is 7.90. The van der Waals surface area contributed by atoms with Crippen LogP contribution in [-0.2, 0) is 23.5 Å². The van der Waals surface area contributed by atoms with Gasteiger partial charge in [-0.05, 0) is 19.9 Å². The highest BCUT2D eigenvalue weighted by atomic mass is 32.2. The molecule has 1 aromatic heterocycles. The van der Waals surface area contributed by atoms with Crippen LogP contribution in [-0.4, -0.2) is 48.1 Å². The Bertz CT molecular complexity index is 471. The molecule has 110 valence electrons. The van der Waals surface area contributed by atoms with Crippen LogP contribution in [0.15, 0.2) is 6.33 Å². The highest BCUT2D eigenvalue weighted by Crippen LogP contribution is 1.97. The molecule has 1 heterocycles. The maximum atomic E-state index is 11.9. The Morgan fingerprint density at radius 2 is 2.16 bits per heavy atom. The van der Waals surface area contributed by atoms with Crippen LogP contribution < -0.4 is 10.0 Å². The Kier molecular flexibility index (Phi) is 6.40. The van der Waals surface area contributed by atoms with Crippen LogP contribution in [0.25, 0.3) is 0 Å². The molecule has 1 unspecified atom stereocenters. The summed E-state index contributed by atoms with van der Waals surface area (Å²) in [5.41, 5.74) is 0. The molecule has 0 aliphatic carbocycles. The van der Waals surface area contributed by atoms with Gasteiger partial charge in [0.15, 0.2) is 5.82 Å². The van der Waals surface area contributed by atoms with Crippen LogP contribution >= 0.6 is 0 Å². The zero-order valence-corrected chi connectivity index (χ0v) is 12.6. The molecular weight excluding hydrogens is 266 g/mol. The number of aryl methyl sites for hydroxylation is 1. The van der Waals surface area contributed by atoms with E-state index in [1.807, 2.05) is 6.92 Å². The molecule has 0 spiro atoms. The number of aromatic nitrogens is 3. The summed E-state index contributed by atoms with van der Waals surface area (Å²) < 4.78 is 28.0. The molecule has 0 bridgehead atoms. The quantitative estimate of drug-likeness (QED) is 0.607. The lowest BCUT2D eigenvalue weighted by Crippen LogP contribution is -2.39. The van der Waals surface area contributed by atoms with Crippen molar-refractivity contribution in [3.63, 3.8) is 0 Å². The van der Waals surface area contributed by atoms with Crippen LogP contribution in [0.5, 0.6) is 0 Å². The van der Waals surface area contributed by atoms with Gasteiger partial charge < -0.3 is 5.32 Å². The van der Waals surface area contributed by atoms with Crippen molar-refractivity contribution in [2.75, 3.05) is 19.6 Å². The molecule has 7 nitrogen and oxygen atoms in total. The van der Waals surface area contributed by atoms with Crippen molar-refractivity contribution in [2.24, 2.45) is 7.05 Å². The number of hydrogen-bond donors (Lipinski definition) is 2. The van der Waals surface area contributed by atoms with Gasteiger partial charge >= 0.3 is 0 Å². The summed E-state index contributed by atoms with van der Waals surface area (Å²) in [5.74, 6) is 0.641. The van der Waals surface area contributed by atoms with E-state index in [2.05, 4.69) is 20.1 Å². The van der Waals surface area contributed by atoms with Gasteiger partial charge in [-0.3, -0.25) is 4.68 Å². The van der Waals surface area contributed by atoms with Crippen molar-refractivity contribution < 1.29 is 8.42 Å². The fourth-order valence-electron chi connectivity index (χ4n) is 1.54. The molecule has 0 fully saturated rings. The molecule has 0 aliphatic rings. The summed E-state index contributed by atoms with van der Waals surface area (Å²) in [7, 11) is -1.50. The minimum Gasteiger partial charge on any atom is -0.315 e. The molecule has 0 aliphatic heterocycles. The molecule has 1 atom stereocenters. The molecule has 0 aromatic carbocycles. The lowest BCUT2D eigenvalue weighted by Gasteiger charge is -2.14. The van der Waals surface area contributed by atoms with Crippen LogP contribution in [0.1, 0.15) is 26.1 Å². The summed E-state index contributed by atoms with van der Waals surface area (Å²) in [6.07, 6.45) is 3.09. The lowest BCUT2D eigenvalue weighted by atomic mass is 10.4. The average Bonchev–Trinajstić information content (AvgIpc) is 2.75. The number of sulfonamides is 1. The zero-order chi connectivity index (χ0) is 14.3. The monoisotopic (exact) mass is 289 g/mol. The largest absolute Gasteiger partial charge is 0.315 e. The van der Waals surface area contributed by atoms with Gasteiger partial charge in [0.05, 0.1) is 5.25 Å². The first-order valence-corrected chi connectivity index (χ1v) is 8.04. The summed E-state index contributed by atoms with van der Waals surface area (Å²) in [5, 5.41) is 6.75. The van der Waals surface area contributed by atoms with Crippen molar-refractivity contribution in [3.8, 4) is 0 Å². The van der Waals surface area contributed by atoms with Crippen molar-refractivity contribution in [2.45, 2.75) is 31.9 Å². The van der Waals surface area contributed by atoms with E-state index in [1.165, 1.54) is 0 Å². The second-order valence-corrected chi connectivity index (χ2v) is 6.72. The first-order chi connectivity index (χ1) is 8.95. The number of rotatable bonds is 9. The van der Waals surface area contributed by atoms with Crippen molar-refractivity contribution >= 4 is 10.0 Å². The average molecular weight is 289 g/mol. The minimum absolute atomic E-state index is 0.324. The molecule has 8 heteroatoms. The summed E-state index contributed by atoms with van der Waals surface area (Å²) in [6, 6.07) is 0. The first-order valence-electron chi connectivity index (χ1n) is 6.49. The second kappa shape index (κ2) is 7.56. The molecule has 2 N–H and O–H groups in total. The third kappa shape index (κ3) is 5.66. The van der Waals surface area contributed by atoms with Crippen LogP contribution in [0, 0.1) is 0 Å². The van der Waals surface area contributed by atoms with Crippen molar-refractivity contribution in [1.82, 2.24) is 24.8 Å². The third-order valence-electron chi connectivity index (χ3n) is 2.69. The van der Waals surface area contributed by atoms with Crippen molar-refractivity contribution in [1.29, 1.82) is 0 Å². The molecule has 19 heavy (non-hydrogen) atoms. The van der Waals surface area contributed by atoms with Crippen LogP contribution in [0.2, 0.25) is 0 Å². The van der Waals surface area contributed by atoms with E-state index in [9.17, 15) is 8.42 Å². The Morgan fingerprint density at radius 3 is 2.74 bits per heavy atom. The molecule has 0 amide bonds. The number of nitrogens with one attached hydrogen (secondary N) is 2. The molecule has 1 rings (SSSR count). The summed E-state index contributed by atoms with van der Waals surface area (Å²) in [4.78, 5) is 4.05. The van der Waals surface area contributed by atoms with Gasteiger partial charge in [0.1, 0.15) is 6.33 Å². The standard InChI is InChI=1S/C11H23N5O2S/c1-4-6-12-8-10(2)19(17,18)14-7-5-11-13-9-16(3)15-11/h9-10,12,14H,4-8H2,1-3H3. The van der Waals surface area contributed by atoms with E-state index >= 15 is 0 Å². The minimum atomic E-state index is -3.28. The van der Waals surface area contributed by atoms with Crippen LogP contribution in [0.4, 0.5) is 0 Å². The topological polar surface area (TPSA) is 88.9 Å². The van der Waals surface area contributed by atoms with Crippen molar-refractivity contribution in [3.05, 3.63) is 12.2 Å². The normalized spacial score (nSPS) is 13.6. The van der Waals surface area contributed by atoms with E-state index in [0.29, 0.717) is 25.3 Å². The van der Waals surface area contributed by atoms with E-state index in [0.717, 1.165) is 13.0 Å². The molecule has 1 aromatic rings. The molecule has 0 saturated heterocycles. The fraction of sp³-hybridized carbons (Fsp3) is 0.818. The predicted octanol–water partition coefficient (Wildman–Crippen LogP) is -0.335. The van der Waals surface area contributed by atoms with E-state index in [-0.39, 0.29) is 0 Å². The molecule has 0 saturated carbocycles. The van der Waals surface area contributed by atoms with Gasteiger partial charge in [-0.2, -0.15) is 5.10 Å². The van der Waals surface area contributed by atoms with E-state index < -0.39 is 15.3 Å². The first kappa shape index (κ1) is 16.1.